The average molecular weight is 324 g/mol. The second-order valence-electron chi connectivity index (χ2n) is 4.25. The van der Waals surface area contributed by atoms with Gasteiger partial charge in [-0.05, 0) is 0 Å². The van der Waals surface area contributed by atoms with Crippen LogP contribution in [0.1, 0.15) is 16.8 Å². The molecule has 13 heteroatoms. The van der Waals surface area contributed by atoms with Crippen molar-refractivity contribution in [2.75, 3.05) is 6.61 Å². The molecule has 0 aliphatic carbocycles. The van der Waals surface area contributed by atoms with E-state index in [9.17, 15) is 19.6 Å². The number of aromatic nitrogens is 3. The van der Waals surface area contributed by atoms with Gasteiger partial charge in [0.15, 0.2) is 6.23 Å². The SMILES string of the molecule is NC(=O)c1ncn([C@@H]2O[C@H](COP(=O)(O)O)C(O)[C@@H]2O)n1. The van der Waals surface area contributed by atoms with Gasteiger partial charge in [0.1, 0.15) is 24.6 Å². The van der Waals surface area contributed by atoms with Gasteiger partial charge in [0.25, 0.3) is 5.91 Å². The van der Waals surface area contributed by atoms with Crippen molar-refractivity contribution in [1.82, 2.24) is 14.8 Å². The van der Waals surface area contributed by atoms with E-state index in [2.05, 4.69) is 14.6 Å². The van der Waals surface area contributed by atoms with Crippen LogP contribution in [-0.2, 0) is 13.8 Å². The van der Waals surface area contributed by atoms with Crippen LogP contribution in [0.25, 0.3) is 0 Å². The fraction of sp³-hybridized carbons (Fsp3) is 0.625. The summed E-state index contributed by atoms with van der Waals surface area (Å²) in [4.78, 5) is 31.6. The molecule has 21 heavy (non-hydrogen) atoms. The van der Waals surface area contributed by atoms with E-state index in [0.29, 0.717) is 0 Å². The van der Waals surface area contributed by atoms with E-state index in [1.165, 1.54) is 0 Å². The van der Waals surface area contributed by atoms with Gasteiger partial charge in [-0.1, -0.05) is 0 Å². The third kappa shape index (κ3) is 3.63. The lowest BCUT2D eigenvalue weighted by molar-refractivity contribution is -0.0581. The van der Waals surface area contributed by atoms with Gasteiger partial charge in [0, 0.05) is 0 Å². The number of hydrogen-bond acceptors (Lipinski definition) is 8. The zero-order chi connectivity index (χ0) is 15.8. The molecule has 4 atom stereocenters. The predicted octanol–water partition coefficient (Wildman–Crippen LogP) is -2.89. The van der Waals surface area contributed by atoms with Crippen LogP contribution in [0.2, 0.25) is 0 Å². The van der Waals surface area contributed by atoms with Crippen LogP contribution < -0.4 is 5.73 Å². The van der Waals surface area contributed by atoms with E-state index in [-0.39, 0.29) is 5.82 Å². The van der Waals surface area contributed by atoms with Crippen LogP contribution in [0.4, 0.5) is 0 Å². The van der Waals surface area contributed by atoms with Gasteiger partial charge in [0.05, 0.1) is 6.61 Å². The summed E-state index contributed by atoms with van der Waals surface area (Å²) < 4.78 is 21.0. The average Bonchev–Trinajstić information content (AvgIpc) is 2.94. The van der Waals surface area contributed by atoms with Gasteiger partial charge in [0.2, 0.25) is 5.82 Å². The second-order valence-corrected chi connectivity index (χ2v) is 5.48. The molecule has 1 fully saturated rings. The standard InChI is InChI=1S/C8H13N4O8P/c9-6(15)7-10-2-12(11-7)8-5(14)4(13)3(20-8)1-19-21(16,17)18/h2-5,8,13-14H,1H2,(H2,9,15)(H2,16,17,18)/t3-,4?,5+,8-/m1/s1. The molecule has 2 heterocycles. The summed E-state index contributed by atoms with van der Waals surface area (Å²) in [6.07, 6.45) is -4.27. The van der Waals surface area contributed by atoms with Crippen LogP contribution in [-0.4, -0.2) is 65.6 Å². The smallest absolute Gasteiger partial charge is 0.387 e. The molecule has 6 N–H and O–H groups in total. The molecule has 0 bridgehead atoms. The number of aliphatic hydroxyl groups excluding tert-OH is 2. The Morgan fingerprint density at radius 2 is 2.14 bits per heavy atom. The summed E-state index contributed by atoms with van der Waals surface area (Å²) in [7, 11) is -4.73. The van der Waals surface area contributed by atoms with Gasteiger partial charge in [-0.25, -0.2) is 14.2 Å². The molecule has 118 valence electrons. The molecule has 0 radical (unpaired) electrons. The molecule has 1 saturated heterocycles. The normalized spacial score (nSPS) is 29.7. The first-order valence-electron chi connectivity index (χ1n) is 5.61. The molecule has 1 amide bonds. The Labute approximate surface area is 117 Å². The molecule has 0 spiro atoms. The molecule has 12 nitrogen and oxygen atoms in total. The molecule has 1 aromatic heterocycles. The summed E-state index contributed by atoms with van der Waals surface area (Å²) in [6, 6.07) is 0. The first-order valence-corrected chi connectivity index (χ1v) is 7.14. The summed E-state index contributed by atoms with van der Waals surface area (Å²) in [5.74, 6) is -1.20. The van der Waals surface area contributed by atoms with Gasteiger partial charge in [-0.3, -0.25) is 9.32 Å². The summed E-state index contributed by atoms with van der Waals surface area (Å²) >= 11 is 0. The number of phosphoric ester groups is 1. The third-order valence-electron chi connectivity index (χ3n) is 2.73. The Balaban J connectivity index is 2.08. The fourth-order valence-electron chi connectivity index (χ4n) is 1.77. The Hall–Kier alpha value is -1.40. The van der Waals surface area contributed by atoms with E-state index < -0.39 is 44.9 Å². The maximum atomic E-state index is 10.9. The highest BCUT2D eigenvalue weighted by molar-refractivity contribution is 7.46. The van der Waals surface area contributed by atoms with Gasteiger partial charge >= 0.3 is 7.82 Å². The number of ether oxygens (including phenoxy) is 1. The van der Waals surface area contributed by atoms with E-state index in [0.717, 1.165) is 11.0 Å². The Kier molecular flexibility index (Phi) is 4.39. The number of carbonyl (C=O) groups excluding carboxylic acids is 1. The van der Waals surface area contributed by atoms with Crippen LogP contribution in [0.5, 0.6) is 0 Å². The van der Waals surface area contributed by atoms with Crippen molar-refractivity contribution >= 4 is 13.7 Å². The van der Waals surface area contributed by atoms with Crippen molar-refractivity contribution in [2.45, 2.75) is 24.5 Å². The molecule has 0 aromatic carbocycles. The summed E-state index contributed by atoms with van der Waals surface area (Å²) in [5.41, 5.74) is 4.97. The topological polar surface area (TPSA) is 190 Å². The molecule has 1 aliphatic heterocycles. The third-order valence-corrected chi connectivity index (χ3v) is 3.22. The zero-order valence-electron chi connectivity index (χ0n) is 10.4. The number of phosphoric acid groups is 1. The van der Waals surface area contributed by atoms with Gasteiger partial charge < -0.3 is 30.5 Å². The van der Waals surface area contributed by atoms with Gasteiger partial charge in [-0.2, -0.15) is 0 Å². The Morgan fingerprint density at radius 1 is 1.48 bits per heavy atom. The number of rotatable bonds is 5. The highest BCUT2D eigenvalue weighted by Gasteiger charge is 2.45. The largest absolute Gasteiger partial charge is 0.469 e. The Bertz CT molecular complexity index is 572. The molecule has 1 aromatic rings. The van der Waals surface area contributed by atoms with Crippen molar-refractivity contribution < 1.29 is 38.6 Å². The Morgan fingerprint density at radius 3 is 2.67 bits per heavy atom. The first-order chi connectivity index (χ1) is 9.69. The minimum absolute atomic E-state index is 0.310. The lowest BCUT2D eigenvalue weighted by Crippen LogP contribution is -2.33. The van der Waals surface area contributed by atoms with Crippen molar-refractivity contribution in [1.29, 1.82) is 0 Å². The zero-order valence-corrected chi connectivity index (χ0v) is 11.3. The molecular formula is C8H13N4O8P. The maximum Gasteiger partial charge on any atom is 0.469 e. The van der Waals surface area contributed by atoms with Crippen LogP contribution in [0.15, 0.2) is 6.33 Å². The highest BCUT2D eigenvalue weighted by Crippen LogP contribution is 2.38. The van der Waals surface area contributed by atoms with E-state index in [1.54, 1.807) is 0 Å². The highest BCUT2D eigenvalue weighted by atomic mass is 31.2. The number of nitrogens with two attached hydrogens (primary N) is 1. The molecule has 1 aliphatic rings. The number of hydrogen-bond donors (Lipinski definition) is 5. The van der Waals surface area contributed by atoms with E-state index >= 15 is 0 Å². The molecule has 2 rings (SSSR count). The lowest BCUT2D eigenvalue weighted by Gasteiger charge is -2.14. The minimum Gasteiger partial charge on any atom is -0.387 e. The van der Waals surface area contributed by atoms with Crippen LogP contribution in [0, 0.1) is 0 Å². The van der Waals surface area contributed by atoms with Crippen molar-refractivity contribution in [2.24, 2.45) is 5.73 Å². The van der Waals surface area contributed by atoms with Crippen molar-refractivity contribution in [3.8, 4) is 0 Å². The number of amides is 1. The molecule has 1 unspecified atom stereocenters. The summed E-state index contributed by atoms with van der Waals surface area (Å²) in [5, 5.41) is 23.2. The van der Waals surface area contributed by atoms with Crippen molar-refractivity contribution in [3.05, 3.63) is 12.2 Å². The maximum absolute atomic E-state index is 10.9. The number of nitrogens with zero attached hydrogens (tertiary/aromatic N) is 3. The quantitative estimate of drug-likeness (QED) is 0.351. The van der Waals surface area contributed by atoms with Crippen molar-refractivity contribution in [3.63, 3.8) is 0 Å². The number of primary amides is 1. The van der Waals surface area contributed by atoms with Gasteiger partial charge in [-0.15, -0.1) is 5.10 Å². The van der Waals surface area contributed by atoms with Crippen LogP contribution in [0.3, 0.4) is 0 Å². The minimum atomic E-state index is -4.73. The first kappa shape index (κ1) is 16.0. The lowest BCUT2D eigenvalue weighted by atomic mass is 10.1. The summed E-state index contributed by atoms with van der Waals surface area (Å²) in [6.45, 7) is -0.642. The number of aliphatic hydroxyl groups is 2. The second kappa shape index (κ2) is 5.77. The molecular weight excluding hydrogens is 311 g/mol. The van der Waals surface area contributed by atoms with E-state index in [4.69, 9.17) is 20.3 Å². The monoisotopic (exact) mass is 324 g/mol. The predicted molar refractivity (Wildman–Crippen MR) is 62.5 cm³/mol. The van der Waals surface area contributed by atoms with E-state index in [1.807, 2.05) is 0 Å². The fourth-order valence-corrected chi connectivity index (χ4v) is 2.11. The number of carbonyl (C=O) groups is 1. The van der Waals surface area contributed by atoms with Crippen LogP contribution >= 0.6 is 7.82 Å². The molecule has 0 saturated carbocycles.